The Kier molecular flexibility index (Phi) is 3.49. The third kappa shape index (κ3) is 2.17. The molecule has 7 heteroatoms. The predicted octanol–water partition coefficient (Wildman–Crippen LogP) is 3.38. The second-order valence-corrected chi connectivity index (χ2v) is 4.07. The maximum absolute atomic E-state index is 13.2. The second-order valence-electron chi connectivity index (χ2n) is 3.71. The van der Waals surface area contributed by atoms with Crippen LogP contribution >= 0.6 is 11.6 Å². The number of aromatic nitrogens is 2. The molecule has 0 radical (unpaired) electrons. The van der Waals surface area contributed by atoms with E-state index in [0.29, 0.717) is 12.1 Å². The molecule has 98 valence electrons. The molecule has 3 nitrogen and oxygen atoms in total. The number of nitrogens with zero attached hydrogens (tertiary/aromatic N) is 3. The van der Waals surface area contributed by atoms with Crippen LogP contribution in [0, 0.1) is 28.8 Å². The molecule has 19 heavy (non-hydrogen) atoms. The van der Waals surface area contributed by atoms with E-state index in [9.17, 15) is 13.2 Å². The van der Waals surface area contributed by atoms with Crippen LogP contribution in [0.15, 0.2) is 12.1 Å². The van der Waals surface area contributed by atoms with Crippen molar-refractivity contribution in [1.29, 1.82) is 5.26 Å². The lowest BCUT2D eigenvalue weighted by Crippen LogP contribution is -2.01. The van der Waals surface area contributed by atoms with Gasteiger partial charge in [-0.15, -0.1) is 0 Å². The van der Waals surface area contributed by atoms with E-state index in [1.165, 1.54) is 0 Å². The zero-order valence-electron chi connectivity index (χ0n) is 9.72. The quantitative estimate of drug-likeness (QED) is 0.794. The topological polar surface area (TPSA) is 41.6 Å². The molecule has 0 atom stereocenters. The molecule has 0 saturated heterocycles. The van der Waals surface area contributed by atoms with Gasteiger partial charge < -0.3 is 0 Å². The van der Waals surface area contributed by atoms with E-state index in [1.54, 1.807) is 6.92 Å². The summed E-state index contributed by atoms with van der Waals surface area (Å²) in [7, 11) is 0. The van der Waals surface area contributed by atoms with Crippen molar-refractivity contribution in [3.8, 4) is 11.8 Å². The number of halogens is 4. The Labute approximate surface area is 111 Å². The van der Waals surface area contributed by atoms with Gasteiger partial charge in [-0.1, -0.05) is 18.5 Å². The number of nitriles is 1. The van der Waals surface area contributed by atoms with Crippen molar-refractivity contribution in [2.75, 3.05) is 0 Å². The third-order valence-corrected chi connectivity index (χ3v) is 2.91. The van der Waals surface area contributed by atoms with Crippen molar-refractivity contribution in [2.45, 2.75) is 13.3 Å². The molecule has 0 aliphatic heterocycles. The maximum atomic E-state index is 13.2. The molecule has 1 heterocycles. The van der Waals surface area contributed by atoms with Crippen LogP contribution in [0.1, 0.15) is 18.2 Å². The summed E-state index contributed by atoms with van der Waals surface area (Å²) in [4.78, 5) is 0. The lowest BCUT2D eigenvalue weighted by molar-refractivity contribution is 0.446. The van der Waals surface area contributed by atoms with Crippen LogP contribution in [0.5, 0.6) is 0 Å². The number of benzene rings is 1. The highest BCUT2D eigenvalue weighted by atomic mass is 35.5. The molecule has 0 aliphatic rings. The molecule has 0 aliphatic carbocycles. The average Bonchev–Trinajstić information content (AvgIpc) is 2.71. The first-order valence-electron chi connectivity index (χ1n) is 5.32. The van der Waals surface area contributed by atoms with Gasteiger partial charge >= 0.3 is 0 Å². The van der Waals surface area contributed by atoms with Gasteiger partial charge in [0.25, 0.3) is 0 Å². The van der Waals surface area contributed by atoms with Gasteiger partial charge in [0.05, 0.1) is 11.4 Å². The van der Waals surface area contributed by atoms with Gasteiger partial charge in [0.2, 0.25) is 0 Å². The van der Waals surface area contributed by atoms with Gasteiger partial charge in [0.1, 0.15) is 11.6 Å². The van der Waals surface area contributed by atoms with Gasteiger partial charge in [-0.05, 0) is 6.42 Å². The molecule has 2 aromatic rings. The Hall–Kier alpha value is -2.00. The highest BCUT2D eigenvalue weighted by Crippen LogP contribution is 2.25. The zero-order chi connectivity index (χ0) is 14.2. The summed E-state index contributed by atoms with van der Waals surface area (Å²) in [6.07, 6.45) is 0.432. The van der Waals surface area contributed by atoms with Gasteiger partial charge in [-0.2, -0.15) is 10.4 Å². The summed E-state index contributed by atoms with van der Waals surface area (Å²) in [5, 5.41) is 12.9. The minimum Gasteiger partial charge on any atom is -0.220 e. The normalized spacial score (nSPS) is 10.5. The Morgan fingerprint density at radius 3 is 2.32 bits per heavy atom. The third-order valence-electron chi connectivity index (χ3n) is 2.56. The molecular weight excluding hydrogens is 279 g/mol. The number of hydrogen-bond acceptors (Lipinski definition) is 2. The van der Waals surface area contributed by atoms with Crippen LogP contribution in [-0.4, -0.2) is 9.78 Å². The number of hydrogen-bond donors (Lipinski definition) is 0. The highest BCUT2D eigenvalue weighted by molar-refractivity contribution is 6.31. The molecule has 0 unspecified atom stereocenters. The van der Waals surface area contributed by atoms with Crippen LogP contribution in [0.25, 0.3) is 5.69 Å². The minimum atomic E-state index is -1.57. The number of aryl methyl sites for hydroxylation is 1. The summed E-state index contributed by atoms with van der Waals surface area (Å²) in [5.41, 5.74) is 0.449. The Morgan fingerprint density at radius 2 is 1.89 bits per heavy atom. The van der Waals surface area contributed by atoms with Gasteiger partial charge in [-0.25, -0.2) is 17.9 Å². The maximum Gasteiger partial charge on any atom is 0.194 e. The number of rotatable bonds is 2. The van der Waals surface area contributed by atoms with Crippen molar-refractivity contribution in [3.63, 3.8) is 0 Å². The minimum absolute atomic E-state index is 0.0650. The van der Waals surface area contributed by atoms with Crippen molar-refractivity contribution < 1.29 is 13.2 Å². The molecule has 0 saturated carbocycles. The van der Waals surface area contributed by atoms with Crippen molar-refractivity contribution in [1.82, 2.24) is 9.78 Å². The van der Waals surface area contributed by atoms with E-state index in [2.05, 4.69) is 5.10 Å². The zero-order valence-corrected chi connectivity index (χ0v) is 10.5. The SMILES string of the molecule is CCc1nn(-c2cc(F)c(F)c(F)c2)c(Cl)c1C#N. The molecule has 0 bridgehead atoms. The Morgan fingerprint density at radius 1 is 1.32 bits per heavy atom. The van der Waals surface area contributed by atoms with E-state index >= 15 is 0 Å². The fourth-order valence-corrected chi connectivity index (χ4v) is 1.92. The summed E-state index contributed by atoms with van der Waals surface area (Å²) in [6.45, 7) is 1.76. The smallest absolute Gasteiger partial charge is 0.194 e. The summed E-state index contributed by atoms with van der Waals surface area (Å²) < 4.78 is 40.2. The van der Waals surface area contributed by atoms with Crippen molar-refractivity contribution in [2.24, 2.45) is 0 Å². The van der Waals surface area contributed by atoms with Crippen LogP contribution in [0.4, 0.5) is 13.2 Å². The first-order valence-corrected chi connectivity index (χ1v) is 5.69. The molecule has 0 fully saturated rings. The van der Waals surface area contributed by atoms with Crippen LogP contribution < -0.4 is 0 Å². The van der Waals surface area contributed by atoms with E-state index in [1.807, 2.05) is 6.07 Å². The van der Waals surface area contributed by atoms with Crippen molar-refractivity contribution in [3.05, 3.63) is 46.0 Å². The fraction of sp³-hybridized carbons (Fsp3) is 0.167. The summed E-state index contributed by atoms with van der Waals surface area (Å²) >= 11 is 5.93. The van der Waals surface area contributed by atoms with E-state index in [4.69, 9.17) is 16.9 Å². The molecule has 0 spiro atoms. The van der Waals surface area contributed by atoms with Crippen LogP contribution in [0.3, 0.4) is 0 Å². The summed E-state index contributed by atoms with van der Waals surface area (Å²) in [5.74, 6) is -4.26. The van der Waals surface area contributed by atoms with Crippen molar-refractivity contribution >= 4 is 11.6 Å². The Balaban J connectivity index is 2.67. The van der Waals surface area contributed by atoms with Gasteiger partial charge in [0, 0.05) is 12.1 Å². The standard InChI is InChI=1S/C12H7ClF3N3/c1-2-10-7(5-17)12(13)19(18-10)6-3-8(14)11(16)9(15)4-6/h3-4H,2H2,1H3. The second kappa shape index (κ2) is 4.94. The average molecular weight is 286 g/mol. The van der Waals surface area contributed by atoms with E-state index in [0.717, 1.165) is 16.8 Å². The van der Waals surface area contributed by atoms with Crippen LogP contribution in [0.2, 0.25) is 5.15 Å². The molecule has 1 aromatic heterocycles. The monoisotopic (exact) mass is 285 g/mol. The fourth-order valence-electron chi connectivity index (χ4n) is 1.63. The Bertz CT molecular complexity index is 665. The predicted molar refractivity (Wildman–Crippen MR) is 62.5 cm³/mol. The highest BCUT2D eigenvalue weighted by Gasteiger charge is 2.18. The lowest BCUT2D eigenvalue weighted by Gasteiger charge is -2.04. The lowest BCUT2D eigenvalue weighted by atomic mass is 10.2. The molecule has 1 aromatic carbocycles. The van der Waals surface area contributed by atoms with Crippen LogP contribution in [-0.2, 0) is 6.42 Å². The first kappa shape index (κ1) is 13.4. The largest absolute Gasteiger partial charge is 0.220 e. The van der Waals surface area contributed by atoms with E-state index < -0.39 is 17.5 Å². The summed E-state index contributed by atoms with van der Waals surface area (Å²) in [6, 6.07) is 3.39. The van der Waals surface area contributed by atoms with Gasteiger partial charge in [0.15, 0.2) is 22.6 Å². The molecular formula is C12H7ClF3N3. The molecule has 0 N–H and O–H groups in total. The first-order chi connectivity index (χ1) is 8.99. The molecule has 0 amide bonds. The molecule has 2 rings (SSSR count). The van der Waals surface area contributed by atoms with Gasteiger partial charge in [-0.3, -0.25) is 0 Å². The van der Waals surface area contributed by atoms with E-state index in [-0.39, 0.29) is 16.4 Å².